The maximum absolute atomic E-state index is 13.1. The number of pyridine rings is 1. The van der Waals surface area contributed by atoms with E-state index in [1.54, 1.807) is 12.1 Å². The normalized spacial score (nSPS) is 20.5. The first-order valence-corrected chi connectivity index (χ1v) is 18.6. The number of anilines is 1. The van der Waals surface area contributed by atoms with Crippen molar-refractivity contribution in [1.29, 1.82) is 0 Å². The molecule has 3 aromatic rings. The van der Waals surface area contributed by atoms with Gasteiger partial charge in [0.15, 0.2) is 5.75 Å². The van der Waals surface area contributed by atoms with E-state index >= 15 is 0 Å². The Bertz CT molecular complexity index is 1790. The number of ether oxygens (including phenoxy) is 2. The number of piperidine rings is 1. The van der Waals surface area contributed by atoms with Gasteiger partial charge in [-0.05, 0) is 61.4 Å². The highest BCUT2D eigenvalue weighted by molar-refractivity contribution is 7.73. The molecule has 2 aromatic carbocycles. The monoisotopic (exact) mass is 677 g/mol. The third-order valence-corrected chi connectivity index (χ3v) is 12.8. The molecule has 2 heterocycles. The molecule has 2 unspecified atom stereocenters. The van der Waals surface area contributed by atoms with Crippen molar-refractivity contribution in [3.05, 3.63) is 63.9 Å². The number of rotatable bonds is 10. The highest BCUT2D eigenvalue weighted by Crippen LogP contribution is 2.61. The van der Waals surface area contributed by atoms with Gasteiger partial charge >= 0.3 is 19.7 Å². The van der Waals surface area contributed by atoms with E-state index in [2.05, 4.69) is 10.2 Å². The summed E-state index contributed by atoms with van der Waals surface area (Å²) in [6.07, 6.45) is 2.75. The average molecular weight is 678 g/mol. The minimum Gasteiger partial charge on any atom is -0.492 e. The summed E-state index contributed by atoms with van der Waals surface area (Å²) in [6.45, 7) is 4.00. The third-order valence-electron chi connectivity index (χ3n) is 8.32. The molecule has 0 radical (unpaired) electrons. The Kier molecular flexibility index (Phi) is 9.41. The SMILES string of the molecule is COc1c(N2C[C@@H](C)C[C@H](NC(=O)Oc3ccc(CC(P(C)(=O)O)P(=O)(O)O)cc3)C2)ccc2c(=O)c(C(=O)O)cn(C3CC3)c12. The summed E-state index contributed by atoms with van der Waals surface area (Å²) in [6, 6.07) is 8.94. The molecule has 5 N–H and O–H groups in total. The molecule has 1 amide bonds. The van der Waals surface area contributed by atoms with Gasteiger partial charge in [0.1, 0.15) is 16.7 Å². The van der Waals surface area contributed by atoms with Crippen molar-refractivity contribution < 1.29 is 48.0 Å². The van der Waals surface area contributed by atoms with Gasteiger partial charge in [-0.25, -0.2) is 9.59 Å². The van der Waals surface area contributed by atoms with E-state index in [1.165, 1.54) is 37.6 Å². The molecule has 4 atom stereocenters. The van der Waals surface area contributed by atoms with E-state index < -0.39 is 37.9 Å². The van der Waals surface area contributed by atoms with Crippen molar-refractivity contribution >= 4 is 43.6 Å². The molecule has 1 saturated carbocycles. The van der Waals surface area contributed by atoms with Gasteiger partial charge in [0.25, 0.3) is 0 Å². The molecule has 5 rings (SSSR count). The lowest BCUT2D eigenvalue weighted by Gasteiger charge is -2.38. The molecule has 2 aliphatic rings. The summed E-state index contributed by atoms with van der Waals surface area (Å²) in [5, 5.41) is 11.0. The molecule has 1 aliphatic carbocycles. The summed E-state index contributed by atoms with van der Waals surface area (Å²) in [5.74, 6) is -0.500. The number of carbonyl (C=O) groups excluding carboxylic acids is 1. The number of benzene rings is 2. The molecule has 46 heavy (non-hydrogen) atoms. The Morgan fingerprint density at radius 1 is 1.07 bits per heavy atom. The second-order valence-corrected chi connectivity index (χ2v) is 16.9. The number of hydrogen-bond donors (Lipinski definition) is 5. The summed E-state index contributed by atoms with van der Waals surface area (Å²) in [5.41, 5.74) is 0.773. The van der Waals surface area contributed by atoms with Crippen LogP contribution in [-0.4, -0.2) is 74.7 Å². The topological polar surface area (TPSA) is 205 Å². The fourth-order valence-electron chi connectivity index (χ4n) is 6.08. The molecule has 16 heteroatoms. The van der Waals surface area contributed by atoms with E-state index in [1.807, 2.05) is 11.5 Å². The van der Waals surface area contributed by atoms with Crippen LogP contribution in [0.15, 0.2) is 47.4 Å². The average Bonchev–Trinajstić information content (AvgIpc) is 3.80. The molecule has 1 aliphatic heterocycles. The largest absolute Gasteiger partial charge is 0.492 e. The lowest BCUT2D eigenvalue weighted by Crippen LogP contribution is -2.51. The maximum atomic E-state index is 13.1. The van der Waals surface area contributed by atoms with Crippen LogP contribution in [-0.2, 0) is 15.6 Å². The van der Waals surface area contributed by atoms with Crippen LogP contribution in [0.4, 0.5) is 10.5 Å². The van der Waals surface area contributed by atoms with Gasteiger partial charge in [0.2, 0.25) is 12.8 Å². The molecule has 2 fully saturated rings. The van der Waals surface area contributed by atoms with E-state index in [4.69, 9.17) is 9.47 Å². The smallest absolute Gasteiger partial charge is 0.412 e. The minimum absolute atomic E-state index is 0.0689. The molecule has 248 valence electrons. The Hall–Kier alpha value is -3.67. The number of carboxylic acids is 1. The highest BCUT2D eigenvalue weighted by atomic mass is 31.2. The van der Waals surface area contributed by atoms with Crippen molar-refractivity contribution in [1.82, 2.24) is 9.88 Å². The standard InChI is InChI=1S/C30H37N3O11P2/c1-17-12-19(31-30(37)44-21-8-4-18(5-9-21)13-25(45(3,38)39)46(40,41)42)15-32(14-17)24-11-10-22-26(28(24)43-2)33(20-6-7-20)16-23(27(22)34)29(35)36/h4-5,8-11,16-17,19-20,25H,6-7,12-15H2,1-3H3,(H,31,37)(H,35,36)(H,38,39)(H2,40,41,42)/t17-,19-,25?/m0/s1. The van der Waals surface area contributed by atoms with E-state index in [9.17, 15) is 43.3 Å². The predicted octanol–water partition coefficient (Wildman–Crippen LogP) is 3.99. The Morgan fingerprint density at radius 2 is 1.74 bits per heavy atom. The van der Waals surface area contributed by atoms with Crippen LogP contribution in [0.25, 0.3) is 10.9 Å². The van der Waals surface area contributed by atoms with Crippen LogP contribution in [0.1, 0.15) is 48.1 Å². The van der Waals surface area contributed by atoms with Crippen LogP contribution in [0.5, 0.6) is 11.5 Å². The molecule has 0 bridgehead atoms. The zero-order valence-electron chi connectivity index (χ0n) is 25.5. The predicted molar refractivity (Wildman–Crippen MR) is 171 cm³/mol. The summed E-state index contributed by atoms with van der Waals surface area (Å²) in [4.78, 5) is 68.6. The van der Waals surface area contributed by atoms with Gasteiger partial charge in [-0.3, -0.25) is 13.9 Å². The summed E-state index contributed by atoms with van der Waals surface area (Å²) < 4.78 is 36.9. The molecular weight excluding hydrogens is 640 g/mol. The number of aromatic carboxylic acids is 1. The number of hydrogen-bond acceptors (Lipinski definition) is 8. The number of nitrogens with zero attached hydrogens (tertiary/aromatic N) is 2. The zero-order chi connectivity index (χ0) is 33.6. The van der Waals surface area contributed by atoms with Gasteiger partial charge in [0.05, 0.1) is 29.7 Å². The first-order chi connectivity index (χ1) is 21.6. The second kappa shape index (κ2) is 12.8. The number of aromatic nitrogens is 1. The summed E-state index contributed by atoms with van der Waals surface area (Å²) >= 11 is 0. The molecule has 1 saturated heterocycles. The number of methoxy groups -OCH3 is 1. The molecule has 0 spiro atoms. The van der Waals surface area contributed by atoms with Crippen molar-refractivity contribution in [2.75, 3.05) is 31.8 Å². The van der Waals surface area contributed by atoms with Crippen LogP contribution < -0.4 is 25.1 Å². The number of carboxylic acid groups (broad SMARTS) is 1. The van der Waals surface area contributed by atoms with Crippen LogP contribution in [0, 0.1) is 5.92 Å². The number of carbonyl (C=O) groups is 2. The van der Waals surface area contributed by atoms with Gasteiger partial charge in [-0.2, -0.15) is 0 Å². The molecular formula is C30H37N3O11P2. The van der Waals surface area contributed by atoms with Crippen molar-refractivity contribution in [3.63, 3.8) is 0 Å². The van der Waals surface area contributed by atoms with Crippen molar-refractivity contribution in [3.8, 4) is 11.5 Å². The number of fused-ring (bicyclic) bond motifs is 1. The first-order valence-electron chi connectivity index (χ1n) is 14.7. The number of amides is 1. The fourth-order valence-corrected chi connectivity index (χ4v) is 9.31. The lowest BCUT2D eigenvalue weighted by molar-refractivity contribution is 0.0694. The van der Waals surface area contributed by atoms with Gasteiger partial charge in [-0.1, -0.05) is 19.1 Å². The van der Waals surface area contributed by atoms with E-state index in [0.29, 0.717) is 42.0 Å². The maximum Gasteiger partial charge on any atom is 0.412 e. The minimum atomic E-state index is -4.84. The van der Waals surface area contributed by atoms with Gasteiger partial charge < -0.3 is 44.0 Å². The van der Waals surface area contributed by atoms with E-state index in [-0.39, 0.29) is 41.1 Å². The van der Waals surface area contributed by atoms with Crippen LogP contribution in [0.2, 0.25) is 0 Å². The van der Waals surface area contributed by atoms with Crippen LogP contribution in [0.3, 0.4) is 0 Å². The quantitative estimate of drug-likeness (QED) is 0.193. The molecule has 14 nitrogen and oxygen atoms in total. The number of nitrogens with one attached hydrogen (secondary N) is 1. The second-order valence-electron chi connectivity index (χ2n) is 12.2. The Morgan fingerprint density at radius 3 is 2.30 bits per heavy atom. The molecule has 1 aromatic heterocycles. The highest BCUT2D eigenvalue weighted by Gasteiger charge is 2.40. The lowest BCUT2D eigenvalue weighted by atomic mass is 9.95. The van der Waals surface area contributed by atoms with Crippen molar-refractivity contribution in [2.45, 2.75) is 50.1 Å². The Labute approximate surface area is 264 Å². The van der Waals surface area contributed by atoms with Crippen molar-refractivity contribution in [2.24, 2.45) is 5.92 Å². The van der Waals surface area contributed by atoms with E-state index in [0.717, 1.165) is 19.5 Å². The summed E-state index contributed by atoms with van der Waals surface area (Å²) in [7, 11) is -7.42. The Balaban J connectivity index is 1.32. The van der Waals surface area contributed by atoms with Gasteiger partial charge in [0, 0.05) is 32.0 Å². The fraction of sp³-hybridized carbons (Fsp3) is 0.433. The van der Waals surface area contributed by atoms with Crippen LogP contribution >= 0.6 is 15.0 Å². The zero-order valence-corrected chi connectivity index (χ0v) is 27.3. The van der Waals surface area contributed by atoms with Gasteiger partial charge in [-0.15, -0.1) is 0 Å². The first kappa shape index (κ1) is 33.7. The third kappa shape index (κ3) is 7.32.